The molecule has 2 rings (SSSR count). The highest BCUT2D eigenvalue weighted by atomic mass is 32.2. The van der Waals surface area contributed by atoms with Crippen LogP contribution >= 0.6 is 23.5 Å². The number of nitrogens with two attached hydrogens (primary N) is 2. The molecule has 0 amide bonds. The van der Waals surface area contributed by atoms with Gasteiger partial charge in [-0.05, 0) is 13.8 Å². The summed E-state index contributed by atoms with van der Waals surface area (Å²) in [5.41, 5.74) is 11.2. The lowest BCUT2D eigenvalue weighted by Gasteiger charge is -2.22. The Balaban J connectivity index is 0.000000428. The third-order valence-corrected chi connectivity index (χ3v) is 5.22. The monoisotopic (exact) mass is 464 g/mol. The summed E-state index contributed by atoms with van der Waals surface area (Å²) in [6, 6.07) is 0. The van der Waals surface area contributed by atoms with Crippen LogP contribution in [0.4, 0.5) is 0 Å². The number of thioether (sulfide) groups is 2. The molecule has 2 heterocycles. The van der Waals surface area contributed by atoms with Gasteiger partial charge >= 0.3 is 11.9 Å². The van der Waals surface area contributed by atoms with Gasteiger partial charge in [-0.25, -0.2) is 19.6 Å². The molecule has 0 saturated carbocycles. The van der Waals surface area contributed by atoms with Crippen LogP contribution in [0.1, 0.15) is 40.5 Å². The summed E-state index contributed by atoms with van der Waals surface area (Å²) >= 11 is 3.24. The zero-order chi connectivity index (χ0) is 23.1. The summed E-state index contributed by atoms with van der Waals surface area (Å²) in [7, 11) is 0. The summed E-state index contributed by atoms with van der Waals surface area (Å²) in [6.45, 7) is 9.63. The number of ether oxygens (including phenoxy) is 2. The quantitative estimate of drug-likeness (QED) is 0.427. The Morgan fingerprint density at radius 3 is 1.50 bits per heavy atom. The lowest BCUT2D eigenvalue weighted by Crippen LogP contribution is -2.26. The maximum absolute atomic E-state index is 9.55. The molecule has 2 aliphatic heterocycles. The van der Waals surface area contributed by atoms with Gasteiger partial charge in [0.1, 0.15) is 0 Å². The number of carboxylic acid groups (broad SMARTS) is 2. The number of aliphatic carboxylic acids is 2. The minimum atomic E-state index is -1.26. The van der Waals surface area contributed by atoms with Crippen LogP contribution in [0.2, 0.25) is 0 Å². The van der Waals surface area contributed by atoms with Crippen LogP contribution in [0.3, 0.4) is 0 Å². The van der Waals surface area contributed by atoms with Crippen LogP contribution in [0, 0.1) is 0 Å². The number of aliphatic imine (C=N–C) groups is 2. The minimum absolute atomic E-state index is 0.00347. The van der Waals surface area contributed by atoms with Gasteiger partial charge in [0.2, 0.25) is 0 Å². The van der Waals surface area contributed by atoms with Gasteiger partial charge < -0.3 is 31.2 Å². The minimum Gasteiger partial charge on any atom is -0.478 e. The third-order valence-electron chi connectivity index (χ3n) is 3.34. The van der Waals surface area contributed by atoms with Gasteiger partial charge in [-0.15, -0.1) is 0 Å². The molecule has 6 N–H and O–H groups in total. The summed E-state index contributed by atoms with van der Waals surface area (Å²) < 4.78 is 10.7. The number of amidine groups is 2. The van der Waals surface area contributed by atoms with Crippen LogP contribution in [-0.2, 0) is 19.1 Å². The number of hydrogen-bond donors (Lipinski definition) is 4. The van der Waals surface area contributed by atoms with Crippen molar-refractivity contribution < 1.29 is 29.3 Å². The Hall–Kier alpha value is -1.76. The van der Waals surface area contributed by atoms with E-state index in [2.05, 4.69) is 23.8 Å². The van der Waals surface area contributed by atoms with Crippen molar-refractivity contribution in [1.82, 2.24) is 0 Å². The van der Waals surface area contributed by atoms with Gasteiger partial charge in [0.15, 0.2) is 22.8 Å². The van der Waals surface area contributed by atoms with Crippen molar-refractivity contribution in [1.29, 1.82) is 0 Å². The van der Waals surface area contributed by atoms with Gasteiger partial charge in [0.05, 0.1) is 0 Å². The van der Waals surface area contributed by atoms with E-state index in [0.29, 0.717) is 46.2 Å². The van der Waals surface area contributed by atoms with Gasteiger partial charge in [0, 0.05) is 48.7 Å². The molecule has 4 unspecified atom stereocenters. The van der Waals surface area contributed by atoms with Crippen molar-refractivity contribution >= 4 is 45.8 Å². The van der Waals surface area contributed by atoms with Gasteiger partial charge in [-0.1, -0.05) is 37.4 Å². The number of rotatable bonds is 6. The summed E-state index contributed by atoms with van der Waals surface area (Å²) in [4.78, 5) is 27.4. The Labute approximate surface area is 185 Å². The van der Waals surface area contributed by atoms with Crippen molar-refractivity contribution in [2.24, 2.45) is 21.5 Å². The Bertz CT molecular complexity index is 578. The number of carboxylic acids is 2. The van der Waals surface area contributed by atoms with E-state index in [9.17, 15) is 9.59 Å². The fourth-order valence-corrected chi connectivity index (χ4v) is 3.97. The molecular weight excluding hydrogens is 432 g/mol. The average Bonchev–Trinajstić information content (AvgIpc) is 2.60. The Kier molecular flexibility index (Phi) is 15.1. The van der Waals surface area contributed by atoms with Crippen molar-refractivity contribution in [3.8, 4) is 0 Å². The second-order valence-corrected chi connectivity index (χ2v) is 9.01. The lowest BCUT2D eigenvalue weighted by atomic mass is 10.3. The molecule has 30 heavy (non-hydrogen) atoms. The Morgan fingerprint density at radius 1 is 0.933 bits per heavy atom. The fraction of sp³-hybridized carbons (Fsp3) is 0.667. The van der Waals surface area contributed by atoms with E-state index in [4.69, 9.17) is 31.2 Å². The van der Waals surface area contributed by atoms with E-state index in [0.717, 1.165) is 12.8 Å². The predicted octanol–water partition coefficient (Wildman–Crippen LogP) is 2.09. The highest BCUT2D eigenvalue weighted by molar-refractivity contribution is 8.14. The normalized spacial score (nSPS) is 25.7. The Morgan fingerprint density at radius 2 is 1.27 bits per heavy atom. The standard InChI is InChI=1S/2C7H14N2OS.C4H4O4/c2*1-3-10-6-4-5(2)11-7(8)9-6;5-3(6)1-2-4(7)8/h2*5-6H,3-4H2,1-2H3,(H2,8,9);1-2H,(H,5,6)(H,7,8)/b;;2-1+. The first kappa shape index (κ1) is 28.2. The van der Waals surface area contributed by atoms with Crippen LogP contribution in [-0.4, -0.2) is 68.7 Å². The summed E-state index contributed by atoms with van der Waals surface area (Å²) in [5.74, 6) is -2.51. The van der Waals surface area contributed by atoms with Crippen LogP contribution in [0.15, 0.2) is 22.1 Å². The number of carbonyl (C=O) groups is 2. The average molecular weight is 465 g/mol. The molecule has 0 saturated heterocycles. The molecule has 0 radical (unpaired) electrons. The van der Waals surface area contributed by atoms with Crippen molar-refractivity contribution in [3.05, 3.63) is 12.2 Å². The van der Waals surface area contributed by atoms with E-state index < -0.39 is 11.9 Å². The first-order valence-corrected chi connectivity index (χ1v) is 11.2. The van der Waals surface area contributed by atoms with Crippen molar-refractivity contribution in [3.63, 3.8) is 0 Å². The molecule has 0 bridgehead atoms. The fourth-order valence-electron chi connectivity index (χ4n) is 2.26. The molecule has 4 atom stereocenters. The maximum Gasteiger partial charge on any atom is 0.328 e. The first-order chi connectivity index (χ1) is 14.1. The SMILES string of the molecule is CCOC1CC(C)SC(N)=N1.CCOC1CC(C)SC(N)=N1.O=C(O)/C=C/C(=O)O. The molecule has 10 nitrogen and oxygen atoms in total. The maximum atomic E-state index is 9.55. The van der Waals surface area contributed by atoms with E-state index in [1.165, 1.54) is 0 Å². The smallest absolute Gasteiger partial charge is 0.328 e. The molecule has 0 aliphatic carbocycles. The van der Waals surface area contributed by atoms with Gasteiger partial charge in [-0.3, -0.25) is 0 Å². The number of nitrogens with zero attached hydrogens (tertiary/aromatic N) is 2. The van der Waals surface area contributed by atoms with E-state index in [-0.39, 0.29) is 12.5 Å². The van der Waals surface area contributed by atoms with E-state index in [1.807, 2.05) is 13.8 Å². The molecule has 0 fully saturated rings. The molecule has 0 aromatic carbocycles. The third kappa shape index (κ3) is 15.1. The number of hydrogen-bond acceptors (Lipinski definition) is 10. The van der Waals surface area contributed by atoms with Crippen LogP contribution in [0.5, 0.6) is 0 Å². The lowest BCUT2D eigenvalue weighted by molar-refractivity contribution is -0.134. The first-order valence-electron chi connectivity index (χ1n) is 9.44. The summed E-state index contributed by atoms with van der Waals surface area (Å²) in [6.07, 6.45) is 3.05. The van der Waals surface area contributed by atoms with Crippen molar-refractivity contribution in [2.45, 2.75) is 63.5 Å². The van der Waals surface area contributed by atoms with Gasteiger partial charge in [-0.2, -0.15) is 0 Å². The zero-order valence-corrected chi connectivity index (χ0v) is 19.3. The van der Waals surface area contributed by atoms with E-state index >= 15 is 0 Å². The molecule has 172 valence electrons. The molecular formula is C18H32N4O6S2. The summed E-state index contributed by atoms with van der Waals surface area (Å²) in [5, 5.41) is 18.0. The van der Waals surface area contributed by atoms with Crippen LogP contribution in [0.25, 0.3) is 0 Å². The largest absolute Gasteiger partial charge is 0.478 e. The second kappa shape index (κ2) is 16.0. The highest BCUT2D eigenvalue weighted by Crippen LogP contribution is 2.24. The van der Waals surface area contributed by atoms with Crippen LogP contribution < -0.4 is 11.5 Å². The highest BCUT2D eigenvalue weighted by Gasteiger charge is 2.20. The second-order valence-electron chi connectivity index (χ2n) is 6.09. The molecule has 2 aliphatic rings. The molecule has 0 aromatic rings. The molecule has 12 heteroatoms. The zero-order valence-electron chi connectivity index (χ0n) is 17.7. The predicted molar refractivity (Wildman–Crippen MR) is 122 cm³/mol. The van der Waals surface area contributed by atoms with Crippen molar-refractivity contribution in [2.75, 3.05) is 13.2 Å². The van der Waals surface area contributed by atoms with Gasteiger partial charge in [0.25, 0.3) is 0 Å². The molecule has 0 spiro atoms. The topological polar surface area (TPSA) is 170 Å². The van der Waals surface area contributed by atoms with E-state index in [1.54, 1.807) is 23.5 Å². The molecule has 0 aromatic heterocycles.